The van der Waals surface area contributed by atoms with Gasteiger partial charge in [0.05, 0.1) is 5.92 Å². The van der Waals surface area contributed by atoms with Crippen LogP contribution in [0.1, 0.15) is 44.6 Å². The van der Waals surface area contributed by atoms with Crippen molar-refractivity contribution >= 4 is 11.8 Å². The van der Waals surface area contributed by atoms with Crippen LogP contribution >= 0.6 is 0 Å². The van der Waals surface area contributed by atoms with Gasteiger partial charge in [-0.3, -0.25) is 14.9 Å². The van der Waals surface area contributed by atoms with Crippen molar-refractivity contribution in [1.29, 1.82) is 0 Å². The summed E-state index contributed by atoms with van der Waals surface area (Å²) >= 11 is 0. The molecule has 20 heavy (non-hydrogen) atoms. The monoisotopic (exact) mass is 271 g/mol. The van der Waals surface area contributed by atoms with Crippen LogP contribution in [0, 0.1) is 17.3 Å². The van der Waals surface area contributed by atoms with Crippen LogP contribution in [0.5, 0.6) is 0 Å². The van der Waals surface area contributed by atoms with Crippen LogP contribution < -0.4 is 5.32 Å². The highest BCUT2D eigenvalue weighted by molar-refractivity contribution is 6.02. The standard InChI is InChI=1S/C17H21NO2/c1-11(2)13-8-17(9-13)10-14(19)18-16(20)15(17)12-6-4-3-5-7-12/h3-7,11,13,15H,8-10H2,1-2H3,(H,18,19,20). The average molecular weight is 271 g/mol. The van der Waals surface area contributed by atoms with Gasteiger partial charge in [-0.25, -0.2) is 0 Å². The molecule has 0 aromatic heterocycles. The van der Waals surface area contributed by atoms with Crippen LogP contribution in [0.3, 0.4) is 0 Å². The second kappa shape index (κ2) is 4.72. The zero-order chi connectivity index (χ0) is 14.3. The fraction of sp³-hybridized carbons (Fsp3) is 0.529. The van der Waals surface area contributed by atoms with Crippen molar-refractivity contribution in [2.45, 2.75) is 39.0 Å². The Balaban J connectivity index is 1.93. The molecule has 1 spiro atoms. The lowest BCUT2D eigenvalue weighted by Crippen LogP contribution is -2.56. The number of imide groups is 1. The SMILES string of the molecule is CC(C)C1CC2(CC(=O)NC(=O)C2c2ccccc2)C1. The Labute approximate surface area is 119 Å². The van der Waals surface area contributed by atoms with Gasteiger partial charge in [0.15, 0.2) is 0 Å². The van der Waals surface area contributed by atoms with E-state index in [-0.39, 0.29) is 23.1 Å². The van der Waals surface area contributed by atoms with E-state index in [9.17, 15) is 9.59 Å². The molecule has 1 saturated heterocycles. The summed E-state index contributed by atoms with van der Waals surface area (Å²) in [5.41, 5.74) is 0.898. The Bertz CT molecular complexity index is 529. The number of piperidine rings is 1. The maximum atomic E-state index is 12.4. The predicted molar refractivity (Wildman–Crippen MR) is 76.9 cm³/mol. The van der Waals surface area contributed by atoms with Gasteiger partial charge in [0, 0.05) is 6.42 Å². The number of benzene rings is 1. The summed E-state index contributed by atoms with van der Waals surface area (Å²) in [5, 5.41) is 2.52. The zero-order valence-corrected chi connectivity index (χ0v) is 12.1. The molecule has 2 amide bonds. The highest BCUT2D eigenvalue weighted by Crippen LogP contribution is 2.59. The first kappa shape index (κ1) is 13.3. The molecule has 1 aromatic rings. The van der Waals surface area contributed by atoms with E-state index in [1.54, 1.807) is 0 Å². The van der Waals surface area contributed by atoms with Gasteiger partial charge in [0.25, 0.3) is 0 Å². The predicted octanol–water partition coefficient (Wildman–Crippen LogP) is 2.87. The number of hydrogen-bond acceptors (Lipinski definition) is 2. The molecule has 1 heterocycles. The van der Waals surface area contributed by atoms with Crippen LogP contribution in [-0.2, 0) is 9.59 Å². The second-order valence-electron chi connectivity index (χ2n) is 6.71. The van der Waals surface area contributed by atoms with E-state index in [0.29, 0.717) is 18.3 Å². The van der Waals surface area contributed by atoms with Gasteiger partial charge in [0.2, 0.25) is 11.8 Å². The molecule has 3 heteroatoms. The van der Waals surface area contributed by atoms with Crippen molar-refractivity contribution in [3.8, 4) is 0 Å². The molecule has 3 nitrogen and oxygen atoms in total. The molecule has 1 aliphatic carbocycles. The Kier molecular flexibility index (Phi) is 3.15. The van der Waals surface area contributed by atoms with Gasteiger partial charge in [-0.1, -0.05) is 44.2 Å². The number of amides is 2. The summed E-state index contributed by atoms with van der Waals surface area (Å²) in [4.78, 5) is 24.2. The fourth-order valence-corrected chi connectivity index (χ4v) is 3.94. The minimum absolute atomic E-state index is 0.107. The highest BCUT2D eigenvalue weighted by atomic mass is 16.2. The summed E-state index contributed by atoms with van der Waals surface area (Å²) < 4.78 is 0. The minimum Gasteiger partial charge on any atom is -0.296 e. The largest absolute Gasteiger partial charge is 0.296 e. The Hall–Kier alpha value is -1.64. The molecule has 1 atom stereocenters. The maximum absolute atomic E-state index is 12.4. The summed E-state index contributed by atoms with van der Waals surface area (Å²) in [7, 11) is 0. The Morgan fingerprint density at radius 1 is 1.15 bits per heavy atom. The fourth-order valence-electron chi connectivity index (χ4n) is 3.94. The van der Waals surface area contributed by atoms with Crippen molar-refractivity contribution in [3.05, 3.63) is 35.9 Å². The van der Waals surface area contributed by atoms with E-state index in [2.05, 4.69) is 19.2 Å². The third kappa shape index (κ3) is 2.05. The molecule has 1 unspecified atom stereocenters. The first-order valence-electron chi connectivity index (χ1n) is 7.40. The van der Waals surface area contributed by atoms with Crippen LogP contribution in [0.2, 0.25) is 0 Å². The lowest BCUT2D eigenvalue weighted by Gasteiger charge is -2.55. The third-order valence-electron chi connectivity index (χ3n) is 5.06. The smallest absolute Gasteiger partial charge is 0.234 e. The normalized spacial score (nSPS) is 33.1. The molecule has 2 aliphatic rings. The number of rotatable bonds is 2. The van der Waals surface area contributed by atoms with Crippen molar-refractivity contribution in [1.82, 2.24) is 5.32 Å². The lowest BCUT2D eigenvalue weighted by molar-refractivity contribution is -0.147. The van der Waals surface area contributed by atoms with E-state index in [0.717, 1.165) is 18.4 Å². The molecular weight excluding hydrogens is 250 g/mol. The number of carbonyl (C=O) groups is 2. The quantitative estimate of drug-likeness (QED) is 0.841. The molecule has 0 radical (unpaired) electrons. The van der Waals surface area contributed by atoms with E-state index in [1.807, 2.05) is 30.3 Å². The van der Waals surface area contributed by atoms with Crippen LogP contribution in [-0.4, -0.2) is 11.8 Å². The first-order valence-corrected chi connectivity index (χ1v) is 7.40. The zero-order valence-electron chi connectivity index (χ0n) is 12.1. The van der Waals surface area contributed by atoms with Gasteiger partial charge in [-0.15, -0.1) is 0 Å². The maximum Gasteiger partial charge on any atom is 0.234 e. The van der Waals surface area contributed by atoms with E-state index in [1.165, 1.54) is 0 Å². The molecule has 2 fully saturated rings. The van der Waals surface area contributed by atoms with E-state index >= 15 is 0 Å². The number of nitrogens with one attached hydrogen (secondary N) is 1. The van der Waals surface area contributed by atoms with Crippen molar-refractivity contribution in [2.75, 3.05) is 0 Å². The van der Waals surface area contributed by atoms with Gasteiger partial charge in [-0.05, 0) is 35.7 Å². The summed E-state index contributed by atoms with van der Waals surface area (Å²) in [6.45, 7) is 4.44. The van der Waals surface area contributed by atoms with Crippen molar-refractivity contribution in [3.63, 3.8) is 0 Å². The molecule has 1 aromatic carbocycles. The van der Waals surface area contributed by atoms with Crippen LogP contribution in [0.4, 0.5) is 0 Å². The third-order valence-corrected chi connectivity index (χ3v) is 5.06. The van der Waals surface area contributed by atoms with Gasteiger partial charge in [0.1, 0.15) is 0 Å². The lowest BCUT2D eigenvalue weighted by atomic mass is 9.50. The molecule has 1 saturated carbocycles. The first-order chi connectivity index (χ1) is 9.52. The van der Waals surface area contributed by atoms with Gasteiger partial charge in [-0.2, -0.15) is 0 Å². The molecule has 106 valence electrons. The number of carbonyl (C=O) groups excluding carboxylic acids is 2. The molecule has 1 aliphatic heterocycles. The summed E-state index contributed by atoms with van der Waals surface area (Å²) in [6.07, 6.45) is 2.47. The molecule has 3 rings (SSSR count). The van der Waals surface area contributed by atoms with Crippen molar-refractivity contribution in [2.24, 2.45) is 17.3 Å². The summed E-state index contributed by atoms with van der Waals surface area (Å²) in [6, 6.07) is 9.89. The second-order valence-corrected chi connectivity index (χ2v) is 6.71. The average Bonchev–Trinajstić information content (AvgIpc) is 2.35. The van der Waals surface area contributed by atoms with E-state index in [4.69, 9.17) is 0 Å². The Morgan fingerprint density at radius 2 is 1.80 bits per heavy atom. The minimum atomic E-state index is -0.170. The van der Waals surface area contributed by atoms with Crippen LogP contribution in [0.15, 0.2) is 30.3 Å². The molecular formula is C17H21NO2. The molecule has 0 bridgehead atoms. The van der Waals surface area contributed by atoms with Crippen LogP contribution in [0.25, 0.3) is 0 Å². The van der Waals surface area contributed by atoms with Gasteiger partial charge >= 0.3 is 0 Å². The van der Waals surface area contributed by atoms with Crippen molar-refractivity contribution < 1.29 is 9.59 Å². The van der Waals surface area contributed by atoms with Gasteiger partial charge < -0.3 is 0 Å². The molecule has 1 N–H and O–H groups in total. The topological polar surface area (TPSA) is 46.2 Å². The highest BCUT2D eigenvalue weighted by Gasteiger charge is 2.56. The van der Waals surface area contributed by atoms with E-state index < -0.39 is 0 Å². The number of hydrogen-bond donors (Lipinski definition) is 1. The summed E-state index contributed by atoms with van der Waals surface area (Å²) in [5.74, 6) is 0.868. The Morgan fingerprint density at radius 3 is 2.40 bits per heavy atom.